The predicted octanol–water partition coefficient (Wildman–Crippen LogP) is 6.83. The molecule has 0 aliphatic heterocycles. The first-order valence-corrected chi connectivity index (χ1v) is 15.4. The minimum Gasteiger partial charge on any atom is -0.322 e. The van der Waals surface area contributed by atoms with Crippen molar-refractivity contribution >= 4 is 54.6 Å². The van der Waals surface area contributed by atoms with Gasteiger partial charge in [0.1, 0.15) is 0 Å². The van der Waals surface area contributed by atoms with Crippen molar-refractivity contribution in [3.63, 3.8) is 0 Å². The van der Waals surface area contributed by atoms with E-state index < -0.39 is 42.7 Å². The molecule has 0 heterocycles. The van der Waals surface area contributed by atoms with Crippen LogP contribution in [0, 0.1) is 13.8 Å². The van der Waals surface area contributed by atoms with Crippen molar-refractivity contribution in [2.45, 2.75) is 29.8 Å². The molecule has 0 aliphatic rings. The fourth-order valence-electron chi connectivity index (χ4n) is 3.89. The second-order valence-electron chi connectivity index (χ2n) is 9.23. The molecule has 3 N–H and O–H groups in total. The van der Waals surface area contributed by atoms with E-state index in [0.717, 1.165) is 29.8 Å². The average molecular weight is 638 g/mol. The minimum atomic E-state index is -4.78. The molecule has 0 saturated carbocycles. The molecule has 0 unspecified atom stereocenters. The molecule has 220 valence electrons. The van der Waals surface area contributed by atoms with Crippen molar-refractivity contribution in [1.82, 2.24) is 0 Å². The molecule has 0 spiro atoms. The number of anilines is 3. The number of alkyl halides is 3. The van der Waals surface area contributed by atoms with Gasteiger partial charge in [-0.15, -0.1) is 0 Å². The Morgan fingerprint density at radius 2 is 1.36 bits per heavy atom. The Morgan fingerprint density at radius 3 is 2.00 bits per heavy atom. The maximum Gasteiger partial charge on any atom is 0.417 e. The zero-order chi connectivity index (χ0) is 30.9. The van der Waals surface area contributed by atoms with Crippen LogP contribution in [-0.4, -0.2) is 22.7 Å². The average Bonchev–Trinajstić information content (AvgIpc) is 2.89. The lowest BCUT2D eigenvalue weighted by atomic mass is 10.1. The van der Waals surface area contributed by atoms with Crippen molar-refractivity contribution in [2.75, 3.05) is 14.8 Å². The SMILES string of the molecule is Cc1cccc(NS(=O)(=O)c2cc(C(=O)Nc3ccc(S(=O)(=O)Nc4ccc(Cl)c(C(F)(F)F)c4)cc3)ccc2C)c1. The van der Waals surface area contributed by atoms with E-state index >= 15 is 0 Å². The third-order valence-corrected chi connectivity index (χ3v) is 9.21. The molecule has 14 heteroatoms. The topological polar surface area (TPSA) is 121 Å². The number of hydrogen-bond acceptors (Lipinski definition) is 5. The third-order valence-electron chi connectivity index (χ3n) is 5.96. The molecule has 0 fully saturated rings. The number of rotatable bonds is 8. The molecule has 4 aromatic carbocycles. The number of sulfonamides is 2. The smallest absolute Gasteiger partial charge is 0.322 e. The molecule has 0 bridgehead atoms. The maximum absolute atomic E-state index is 13.1. The Morgan fingerprint density at radius 1 is 0.738 bits per heavy atom. The van der Waals surface area contributed by atoms with Crippen LogP contribution in [-0.2, 0) is 26.2 Å². The largest absolute Gasteiger partial charge is 0.417 e. The highest BCUT2D eigenvalue weighted by Crippen LogP contribution is 2.36. The van der Waals surface area contributed by atoms with Crippen molar-refractivity contribution in [3.05, 3.63) is 112 Å². The lowest BCUT2D eigenvalue weighted by Gasteiger charge is -2.14. The molecule has 0 aromatic heterocycles. The van der Waals surface area contributed by atoms with Crippen LogP contribution in [0.3, 0.4) is 0 Å². The number of halogens is 4. The number of nitrogens with one attached hydrogen (secondary N) is 3. The van der Waals surface area contributed by atoms with Crippen molar-refractivity contribution in [2.24, 2.45) is 0 Å². The van der Waals surface area contributed by atoms with Gasteiger partial charge in [0.05, 0.1) is 20.4 Å². The van der Waals surface area contributed by atoms with Crippen LogP contribution in [0.2, 0.25) is 5.02 Å². The van der Waals surface area contributed by atoms with Gasteiger partial charge < -0.3 is 5.32 Å². The molecule has 0 radical (unpaired) electrons. The highest BCUT2D eigenvalue weighted by Gasteiger charge is 2.33. The number of aryl methyl sites for hydroxylation is 2. The fraction of sp³-hybridized carbons (Fsp3) is 0.107. The van der Waals surface area contributed by atoms with Gasteiger partial charge in [-0.3, -0.25) is 14.2 Å². The van der Waals surface area contributed by atoms with Crippen molar-refractivity contribution < 1.29 is 34.8 Å². The van der Waals surface area contributed by atoms with Gasteiger partial charge in [-0.05, 0) is 91.7 Å². The van der Waals surface area contributed by atoms with Crippen LogP contribution in [0.15, 0.2) is 94.7 Å². The summed E-state index contributed by atoms with van der Waals surface area (Å²) in [6, 6.07) is 18.4. The first kappa shape index (κ1) is 30.9. The summed E-state index contributed by atoms with van der Waals surface area (Å²) in [6.07, 6.45) is -4.78. The quantitative estimate of drug-likeness (QED) is 0.196. The molecular weight excluding hydrogens is 615 g/mol. The highest BCUT2D eigenvalue weighted by atomic mass is 35.5. The lowest BCUT2D eigenvalue weighted by Crippen LogP contribution is -2.17. The number of hydrogen-bond donors (Lipinski definition) is 3. The summed E-state index contributed by atoms with van der Waals surface area (Å²) >= 11 is 5.58. The molecule has 8 nitrogen and oxygen atoms in total. The molecule has 4 rings (SSSR count). The Hall–Kier alpha value is -4.07. The van der Waals surface area contributed by atoms with Crippen molar-refractivity contribution in [3.8, 4) is 0 Å². The van der Waals surface area contributed by atoms with Crippen LogP contribution >= 0.6 is 11.6 Å². The zero-order valence-electron chi connectivity index (χ0n) is 22.0. The first-order chi connectivity index (χ1) is 19.5. The third kappa shape index (κ3) is 7.22. The Kier molecular flexibility index (Phi) is 8.58. The maximum atomic E-state index is 13.1. The Balaban J connectivity index is 1.50. The molecule has 0 aliphatic carbocycles. The molecule has 0 saturated heterocycles. The van der Waals surface area contributed by atoms with E-state index in [1.807, 2.05) is 13.0 Å². The van der Waals surface area contributed by atoms with Gasteiger partial charge in [-0.1, -0.05) is 29.8 Å². The Labute approximate surface area is 245 Å². The highest BCUT2D eigenvalue weighted by molar-refractivity contribution is 7.93. The van der Waals surface area contributed by atoms with Gasteiger partial charge in [0.2, 0.25) is 0 Å². The summed E-state index contributed by atoms with van der Waals surface area (Å²) in [5, 5.41) is 1.99. The summed E-state index contributed by atoms with van der Waals surface area (Å²) in [4.78, 5) is 12.5. The molecule has 4 aromatic rings. The predicted molar refractivity (Wildman–Crippen MR) is 155 cm³/mol. The van der Waals surface area contributed by atoms with E-state index in [-0.39, 0.29) is 26.7 Å². The van der Waals surface area contributed by atoms with Crippen LogP contribution in [0.4, 0.5) is 30.2 Å². The van der Waals surface area contributed by atoms with Crippen LogP contribution in [0.1, 0.15) is 27.0 Å². The number of carbonyl (C=O) groups is 1. The molecule has 42 heavy (non-hydrogen) atoms. The zero-order valence-corrected chi connectivity index (χ0v) is 24.3. The van der Waals surface area contributed by atoms with Crippen LogP contribution < -0.4 is 14.8 Å². The van der Waals surface area contributed by atoms with E-state index in [1.54, 1.807) is 25.1 Å². The summed E-state index contributed by atoms with van der Waals surface area (Å²) < 4.78 is 95.5. The van der Waals surface area contributed by atoms with Gasteiger partial charge in [0.25, 0.3) is 26.0 Å². The number of amides is 1. The molecular formula is C28H23ClF3N3O5S2. The summed E-state index contributed by atoms with van der Waals surface area (Å²) in [5.74, 6) is -0.656. The van der Waals surface area contributed by atoms with E-state index in [9.17, 15) is 34.8 Å². The number of carbonyl (C=O) groups excluding carboxylic acids is 1. The van der Waals surface area contributed by atoms with Gasteiger partial charge in [-0.25, -0.2) is 16.8 Å². The lowest BCUT2D eigenvalue weighted by molar-refractivity contribution is -0.137. The standard InChI is InChI=1S/C28H23ClF3N3O5S2/c1-17-4-3-5-21(14-17)35-42(39,40)26-15-19(7-6-18(26)2)27(36)33-20-8-11-23(12-9-20)41(37,38)34-22-10-13-25(29)24(16-22)28(30,31)32/h3-16,34-35H,1-2H3,(H,33,36). The van der Waals surface area contributed by atoms with Crippen molar-refractivity contribution in [1.29, 1.82) is 0 Å². The van der Waals surface area contributed by atoms with Gasteiger partial charge in [-0.2, -0.15) is 13.2 Å². The van der Waals surface area contributed by atoms with E-state index in [0.29, 0.717) is 17.3 Å². The van der Waals surface area contributed by atoms with E-state index in [1.165, 1.54) is 30.3 Å². The second-order valence-corrected chi connectivity index (χ2v) is 13.0. The molecule has 0 atom stereocenters. The minimum absolute atomic E-state index is 0.0341. The monoisotopic (exact) mass is 637 g/mol. The van der Waals surface area contributed by atoms with Crippen LogP contribution in [0.25, 0.3) is 0 Å². The summed E-state index contributed by atoms with van der Waals surface area (Å²) in [5.41, 5.74) is 0.323. The van der Waals surface area contributed by atoms with Gasteiger partial charge in [0, 0.05) is 22.6 Å². The van der Waals surface area contributed by atoms with E-state index in [2.05, 4.69) is 14.8 Å². The molecule has 1 amide bonds. The van der Waals surface area contributed by atoms with Gasteiger partial charge in [0.15, 0.2) is 0 Å². The van der Waals surface area contributed by atoms with E-state index in [4.69, 9.17) is 11.6 Å². The van der Waals surface area contributed by atoms with Gasteiger partial charge >= 0.3 is 6.18 Å². The summed E-state index contributed by atoms with van der Waals surface area (Å²) in [6.45, 7) is 3.41. The second kappa shape index (κ2) is 11.7. The Bertz CT molecular complexity index is 1880. The fourth-order valence-corrected chi connectivity index (χ4v) is 6.49. The summed E-state index contributed by atoms with van der Waals surface area (Å²) in [7, 11) is -8.31. The normalized spacial score (nSPS) is 12.0. The first-order valence-electron chi connectivity index (χ1n) is 12.1. The number of benzene rings is 4. The van der Waals surface area contributed by atoms with Crippen LogP contribution in [0.5, 0.6) is 0 Å².